The summed E-state index contributed by atoms with van der Waals surface area (Å²) in [5, 5.41) is 0.637. The number of ether oxygens (including phenoxy) is 1. The van der Waals surface area contributed by atoms with Gasteiger partial charge in [0.25, 0.3) is 5.56 Å². The SMILES string of the molecule is CCOC(=O)N1CCC(n2cnc3ccccc3c2=O)CC1. The second kappa shape index (κ2) is 6.17. The Morgan fingerprint density at radius 3 is 2.77 bits per heavy atom. The number of piperidine rings is 1. The van der Waals surface area contributed by atoms with Gasteiger partial charge in [-0.2, -0.15) is 0 Å². The first-order valence-corrected chi connectivity index (χ1v) is 7.58. The Labute approximate surface area is 128 Å². The third kappa shape index (κ3) is 2.68. The summed E-state index contributed by atoms with van der Waals surface area (Å²) in [7, 11) is 0. The second-order valence-electron chi connectivity index (χ2n) is 5.39. The van der Waals surface area contributed by atoms with Crippen LogP contribution in [0.2, 0.25) is 0 Å². The number of fused-ring (bicyclic) bond motifs is 1. The number of likely N-dealkylation sites (tertiary alicyclic amines) is 1. The van der Waals surface area contributed by atoms with Crippen LogP contribution in [0, 0.1) is 0 Å². The Balaban J connectivity index is 1.78. The number of amides is 1. The highest BCUT2D eigenvalue weighted by Gasteiger charge is 2.25. The Bertz CT molecular complexity index is 733. The van der Waals surface area contributed by atoms with Crippen molar-refractivity contribution in [1.29, 1.82) is 0 Å². The van der Waals surface area contributed by atoms with E-state index in [1.165, 1.54) is 0 Å². The fraction of sp³-hybridized carbons (Fsp3) is 0.438. The van der Waals surface area contributed by atoms with Crippen LogP contribution < -0.4 is 5.56 Å². The Morgan fingerprint density at radius 1 is 1.32 bits per heavy atom. The van der Waals surface area contributed by atoms with E-state index >= 15 is 0 Å². The fourth-order valence-electron chi connectivity index (χ4n) is 2.88. The predicted octanol–water partition coefficient (Wildman–Crippen LogP) is 2.19. The van der Waals surface area contributed by atoms with Gasteiger partial charge in [0.2, 0.25) is 0 Å². The normalized spacial score (nSPS) is 16.0. The lowest BCUT2D eigenvalue weighted by atomic mass is 10.1. The van der Waals surface area contributed by atoms with Crippen molar-refractivity contribution >= 4 is 17.0 Å². The molecule has 0 spiro atoms. The van der Waals surface area contributed by atoms with Crippen LogP contribution in [0.4, 0.5) is 4.79 Å². The molecule has 1 saturated heterocycles. The van der Waals surface area contributed by atoms with Gasteiger partial charge in [0.15, 0.2) is 0 Å². The maximum Gasteiger partial charge on any atom is 0.409 e. The van der Waals surface area contributed by atoms with Gasteiger partial charge in [-0.1, -0.05) is 12.1 Å². The molecule has 0 saturated carbocycles. The van der Waals surface area contributed by atoms with E-state index in [0.29, 0.717) is 30.6 Å². The molecule has 2 heterocycles. The van der Waals surface area contributed by atoms with E-state index in [9.17, 15) is 9.59 Å². The molecule has 0 N–H and O–H groups in total. The van der Waals surface area contributed by atoms with Crippen LogP contribution in [0.15, 0.2) is 35.4 Å². The number of carbonyl (C=O) groups is 1. The molecule has 1 amide bonds. The van der Waals surface area contributed by atoms with Crippen molar-refractivity contribution < 1.29 is 9.53 Å². The van der Waals surface area contributed by atoms with E-state index in [1.54, 1.807) is 28.8 Å². The summed E-state index contributed by atoms with van der Waals surface area (Å²) in [6, 6.07) is 7.44. The second-order valence-corrected chi connectivity index (χ2v) is 5.39. The molecule has 0 radical (unpaired) electrons. The lowest BCUT2D eigenvalue weighted by Gasteiger charge is -2.32. The van der Waals surface area contributed by atoms with Gasteiger partial charge in [0, 0.05) is 19.1 Å². The van der Waals surface area contributed by atoms with Gasteiger partial charge in [-0.3, -0.25) is 9.36 Å². The maximum absolute atomic E-state index is 12.6. The first-order chi connectivity index (χ1) is 10.7. The van der Waals surface area contributed by atoms with Gasteiger partial charge < -0.3 is 9.64 Å². The molecule has 0 bridgehead atoms. The van der Waals surface area contributed by atoms with Crippen molar-refractivity contribution in [3.05, 3.63) is 40.9 Å². The average molecular weight is 301 g/mol. The highest BCUT2D eigenvalue weighted by atomic mass is 16.6. The van der Waals surface area contributed by atoms with Crippen molar-refractivity contribution in [2.75, 3.05) is 19.7 Å². The molecule has 2 aromatic rings. The van der Waals surface area contributed by atoms with Crippen molar-refractivity contribution in [3.8, 4) is 0 Å². The smallest absolute Gasteiger partial charge is 0.409 e. The summed E-state index contributed by atoms with van der Waals surface area (Å²) >= 11 is 0. The molecule has 6 heteroatoms. The highest BCUT2D eigenvalue weighted by Crippen LogP contribution is 2.22. The number of nitrogens with zero attached hydrogens (tertiary/aromatic N) is 3. The molecule has 1 fully saturated rings. The largest absolute Gasteiger partial charge is 0.450 e. The van der Waals surface area contributed by atoms with Crippen molar-refractivity contribution in [3.63, 3.8) is 0 Å². The molecule has 0 atom stereocenters. The number of carbonyl (C=O) groups excluding carboxylic acids is 1. The molecule has 0 aliphatic carbocycles. The van der Waals surface area contributed by atoms with E-state index in [-0.39, 0.29) is 17.7 Å². The van der Waals surface area contributed by atoms with Gasteiger partial charge in [0.1, 0.15) is 0 Å². The summed E-state index contributed by atoms with van der Waals surface area (Å²) in [5.74, 6) is 0. The number of benzene rings is 1. The maximum atomic E-state index is 12.6. The molecule has 0 unspecified atom stereocenters. The summed E-state index contributed by atoms with van der Waals surface area (Å²) in [6.45, 7) is 3.38. The minimum absolute atomic E-state index is 0.0137. The number of para-hydroxylation sites is 1. The van der Waals surface area contributed by atoms with Crippen molar-refractivity contribution in [2.24, 2.45) is 0 Å². The van der Waals surface area contributed by atoms with Gasteiger partial charge in [-0.05, 0) is 31.9 Å². The Morgan fingerprint density at radius 2 is 2.05 bits per heavy atom. The first-order valence-electron chi connectivity index (χ1n) is 7.58. The van der Waals surface area contributed by atoms with Crippen LogP contribution in [0.3, 0.4) is 0 Å². The van der Waals surface area contributed by atoms with Gasteiger partial charge in [-0.15, -0.1) is 0 Å². The molecule has 1 aromatic heterocycles. The molecule has 1 aliphatic rings. The van der Waals surface area contributed by atoms with Crippen LogP contribution in [-0.2, 0) is 4.74 Å². The molecule has 116 valence electrons. The molecule has 1 aromatic carbocycles. The number of hydrogen-bond donors (Lipinski definition) is 0. The summed E-state index contributed by atoms with van der Waals surface area (Å²) in [6.07, 6.45) is 2.82. The van der Waals surface area contributed by atoms with E-state index in [0.717, 1.165) is 12.8 Å². The zero-order chi connectivity index (χ0) is 15.5. The third-order valence-electron chi connectivity index (χ3n) is 4.07. The fourth-order valence-corrected chi connectivity index (χ4v) is 2.88. The van der Waals surface area contributed by atoms with E-state index < -0.39 is 0 Å². The quantitative estimate of drug-likeness (QED) is 0.853. The molecule has 1 aliphatic heterocycles. The number of rotatable bonds is 2. The predicted molar refractivity (Wildman–Crippen MR) is 82.9 cm³/mol. The summed E-state index contributed by atoms with van der Waals surface area (Å²) < 4.78 is 6.71. The number of aromatic nitrogens is 2. The molecule has 3 rings (SSSR count). The zero-order valence-electron chi connectivity index (χ0n) is 12.6. The molecular weight excluding hydrogens is 282 g/mol. The van der Waals surface area contributed by atoms with Gasteiger partial charge in [-0.25, -0.2) is 9.78 Å². The molecule has 6 nitrogen and oxygen atoms in total. The lowest BCUT2D eigenvalue weighted by Crippen LogP contribution is -2.41. The van der Waals surface area contributed by atoms with Crippen molar-refractivity contribution in [2.45, 2.75) is 25.8 Å². The van der Waals surface area contributed by atoms with Crippen LogP contribution in [-0.4, -0.2) is 40.2 Å². The van der Waals surface area contributed by atoms with Crippen LogP contribution >= 0.6 is 0 Å². The third-order valence-corrected chi connectivity index (χ3v) is 4.07. The van der Waals surface area contributed by atoms with Crippen LogP contribution in [0.25, 0.3) is 10.9 Å². The van der Waals surface area contributed by atoms with E-state index in [4.69, 9.17) is 4.74 Å². The monoisotopic (exact) mass is 301 g/mol. The molecule has 22 heavy (non-hydrogen) atoms. The minimum Gasteiger partial charge on any atom is -0.450 e. The molecular formula is C16H19N3O3. The minimum atomic E-state index is -0.273. The van der Waals surface area contributed by atoms with Gasteiger partial charge >= 0.3 is 6.09 Å². The van der Waals surface area contributed by atoms with E-state index in [1.807, 2.05) is 18.2 Å². The highest BCUT2D eigenvalue weighted by molar-refractivity contribution is 5.76. The van der Waals surface area contributed by atoms with Crippen LogP contribution in [0.1, 0.15) is 25.8 Å². The standard InChI is InChI=1S/C16H19N3O3/c1-2-22-16(21)18-9-7-12(8-10-18)19-11-17-14-6-4-3-5-13(14)15(19)20/h3-6,11-12H,2,7-10H2,1H3. The Kier molecular flexibility index (Phi) is 4.09. The van der Waals surface area contributed by atoms with Crippen molar-refractivity contribution in [1.82, 2.24) is 14.5 Å². The topological polar surface area (TPSA) is 64.4 Å². The Hall–Kier alpha value is -2.37. The summed E-state index contributed by atoms with van der Waals surface area (Å²) in [5.41, 5.74) is 0.702. The van der Waals surface area contributed by atoms with E-state index in [2.05, 4.69) is 4.98 Å². The summed E-state index contributed by atoms with van der Waals surface area (Å²) in [4.78, 5) is 30.3. The van der Waals surface area contributed by atoms with Gasteiger partial charge in [0.05, 0.1) is 23.8 Å². The first kappa shape index (κ1) is 14.6. The van der Waals surface area contributed by atoms with Crippen LogP contribution in [0.5, 0.6) is 0 Å². The average Bonchev–Trinajstić information content (AvgIpc) is 2.56. The lowest BCUT2D eigenvalue weighted by molar-refractivity contribution is 0.0923. The zero-order valence-corrected chi connectivity index (χ0v) is 12.6. The number of hydrogen-bond acceptors (Lipinski definition) is 4.